The minimum atomic E-state index is -0.262. The van der Waals surface area contributed by atoms with Gasteiger partial charge < -0.3 is 9.80 Å². The lowest BCUT2D eigenvalue weighted by Gasteiger charge is -2.33. The third-order valence-electron chi connectivity index (χ3n) is 3.38. The number of carbonyl (C=O) groups excluding carboxylic acids is 2. The molecule has 6 heteroatoms. The summed E-state index contributed by atoms with van der Waals surface area (Å²) in [6.45, 7) is 5.47. The van der Waals surface area contributed by atoms with Crippen molar-refractivity contribution in [2.24, 2.45) is 0 Å². The van der Waals surface area contributed by atoms with Gasteiger partial charge in [0.25, 0.3) is 5.91 Å². The van der Waals surface area contributed by atoms with Gasteiger partial charge in [0.2, 0.25) is 5.91 Å². The molecule has 0 radical (unpaired) electrons. The van der Waals surface area contributed by atoms with Gasteiger partial charge >= 0.3 is 0 Å². The van der Waals surface area contributed by atoms with Gasteiger partial charge in [0.05, 0.1) is 26.2 Å². The molecule has 1 aromatic carbocycles. The first kappa shape index (κ1) is 14.3. The second kappa shape index (κ2) is 6.91. The molecule has 0 aromatic heterocycles. The van der Waals surface area contributed by atoms with Gasteiger partial charge in [0, 0.05) is 12.6 Å². The van der Waals surface area contributed by atoms with Gasteiger partial charge in [-0.3, -0.25) is 20.4 Å². The molecule has 1 aliphatic heterocycles. The summed E-state index contributed by atoms with van der Waals surface area (Å²) in [5.41, 5.74) is 5.94. The van der Waals surface area contributed by atoms with E-state index in [0.717, 1.165) is 26.2 Å². The molecule has 3 N–H and O–H groups in total. The number of rotatable bonds is 3. The lowest BCUT2D eigenvalue weighted by molar-refractivity contribution is -0.892. The van der Waals surface area contributed by atoms with Gasteiger partial charge in [-0.1, -0.05) is 18.2 Å². The maximum absolute atomic E-state index is 11.6. The predicted octanol–water partition coefficient (Wildman–Crippen LogP) is -1.44. The standard InChI is InChI=1S/C14H20N4O2/c1-12(19)15-16-14(20)11-17-7-9-18(10-8-17)13-5-3-2-4-6-13/h2-6H,7-11H2,1H3,(H,15,19)(H,16,20)/p+1. The molecule has 0 saturated carbocycles. The maximum Gasteiger partial charge on any atom is 0.293 e. The molecule has 1 aromatic rings. The zero-order valence-corrected chi connectivity index (χ0v) is 11.7. The predicted molar refractivity (Wildman–Crippen MR) is 76.2 cm³/mol. The maximum atomic E-state index is 11.6. The van der Waals surface area contributed by atoms with Crippen LogP contribution in [0, 0.1) is 0 Å². The van der Waals surface area contributed by atoms with E-state index in [1.54, 1.807) is 0 Å². The SMILES string of the molecule is CC(=O)NNC(=O)C[NH+]1CCN(c2ccccc2)CC1. The molecule has 6 nitrogen and oxygen atoms in total. The van der Waals surface area contributed by atoms with Crippen LogP contribution in [-0.2, 0) is 9.59 Å². The number of quaternary nitrogens is 1. The molecule has 1 heterocycles. The van der Waals surface area contributed by atoms with Crippen LogP contribution < -0.4 is 20.7 Å². The molecule has 0 spiro atoms. The third-order valence-corrected chi connectivity index (χ3v) is 3.38. The molecule has 108 valence electrons. The Morgan fingerprint density at radius 2 is 1.80 bits per heavy atom. The average Bonchev–Trinajstić information content (AvgIpc) is 2.47. The molecule has 0 aliphatic carbocycles. The monoisotopic (exact) mass is 277 g/mol. The minimum Gasteiger partial charge on any atom is -0.360 e. The van der Waals surface area contributed by atoms with Crippen LogP contribution in [0.1, 0.15) is 6.92 Å². The van der Waals surface area contributed by atoms with E-state index < -0.39 is 0 Å². The summed E-state index contributed by atoms with van der Waals surface area (Å²) in [7, 11) is 0. The molecule has 0 unspecified atom stereocenters. The van der Waals surface area contributed by atoms with Gasteiger partial charge in [-0.25, -0.2) is 0 Å². The van der Waals surface area contributed by atoms with E-state index in [1.165, 1.54) is 17.5 Å². The smallest absolute Gasteiger partial charge is 0.293 e. The van der Waals surface area contributed by atoms with Crippen LogP contribution in [-0.4, -0.2) is 44.5 Å². The van der Waals surface area contributed by atoms with Crippen LogP contribution in [0.4, 0.5) is 5.69 Å². The quantitative estimate of drug-likeness (QED) is 0.593. The highest BCUT2D eigenvalue weighted by Crippen LogP contribution is 2.12. The Bertz CT molecular complexity index is 456. The largest absolute Gasteiger partial charge is 0.360 e. The first-order valence-electron chi connectivity index (χ1n) is 6.84. The zero-order valence-electron chi connectivity index (χ0n) is 11.7. The zero-order chi connectivity index (χ0) is 14.4. The van der Waals surface area contributed by atoms with Gasteiger partial charge in [0.15, 0.2) is 6.54 Å². The van der Waals surface area contributed by atoms with E-state index in [2.05, 4.69) is 27.9 Å². The van der Waals surface area contributed by atoms with E-state index in [1.807, 2.05) is 18.2 Å². The van der Waals surface area contributed by atoms with E-state index >= 15 is 0 Å². The van der Waals surface area contributed by atoms with Gasteiger partial charge in [-0.2, -0.15) is 0 Å². The molecule has 1 fully saturated rings. The van der Waals surface area contributed by atoms with Crippen molar-refractivity contribution in [1.82, 2.24) is 10.9 Å². The number of hydrogen-bond donors (Lipinski definition) is 3. The highest BCUT2D eigenvalue weighted by atomic mass is 16.2. The lowest BCUT2D eigenvalue weighted by atomic mass is 10.2. The Balaban J connectivity index is 1.74. The lowest BCUT2D eigenvalue weighted by Crippen LogP contribution is -3.16. The number of hydrazine groups is 1. The molecule has 20 heavy (non-hydrogen) atoms. The molecule has 1 saturated heterocycles. The topological polar surface area (TPSA) is 65.9 Å². The van der Waals surface area contributed by atoms with Crippen molar-refractivity contribution < 1.29 is 14.5 Å². The van der Waals surface area contributed by atoms with Crippen molar-refractivity contribution in [1.29, 1.82) is 0 Å². The minimum absolute atomic E-state index is 0.150. The third kappa shape index (κ3) is 4.24. The number of hydrogen-bond acceptors (Lipinski definition) is 3. The van der Waals surface area contributed by atoms with Crippen LogP contribution >= 0.6 is 0 Å². The number of nitrogens with zero attached hydrogens (tertiary/aromatic N) is 1. The molecular formula is C14H21N4O2+. The van der Waals surface area contributed by atoms with Crippen molar-refractivity contribution in [3.8, 4) is 0 Å². The number of anilines is 1. The fourth-order valence-corrected chi connectivity index (χ4v) is 2.33. The fourth-order valence-electron chi connectivity index (χ4n) is 2.33. The van der Waals surface area contributed by atoms with E-state index in [-0.39, 0.29) is 11.8 Å². The van der Waals surface area contributed by atoms with Crippen molar-refractivity contribution >= 4 is 17.5 Å². The first-order valence-corrected chi connectivity index (χ1v) is 6.84. The van der Waals surface area contributed by atoms with Crippen LogP contribution in [0.25, 0.3) is 0 Å². The Hall–Kier alpha value is -2.08. The Morgan fingerprint density at radius 1 is 1.15 bits per heavy atom. The van der Waals surface area contributed by atoms with Gasteiger partial charge in [-0.05, 0) is 12.1 Å². The fraction of sp³-hybridized carbons (Fsp3) is 0.429. The summed E-state index contributed by atoms with van der Waals surface area (Å²) in [6, 6.07) is 10.3. The normalized spacial score (nSPS) is 15.8. The summed E-state index contributed by atoms with van der Waals surface area (Å²) in [5.74, 6) is -0.411. The van der Waals surface area contributed by atoms with Crippen molar-refractivity contribution in [3.05, 3.63) is 30.3 Å². The molecule has 0 bridgehead atoms. The number of benzene rings is 1. The Morgan fingerprint density at radius 3 is 2.40 bits per heavy atom. The number of para-hydroxylation sites is 1. The van der Waals surface area contributed by atoms with Crippen molar-refractivity contribution in [3.63, 3.8) is 0 Å². The molecule has 0 atom stereocenters. The summed E-state index contributed by atoms with van der Waals surface area (Å²) in [6.07, 6.45) is 0. The second-order valence-electron chi connectivity index (χ2n) is 4.98. The summed E-state index contributed by atoms with van der Waals surface area (Å²) in [4.78, 5) is 25.9. The van der Waals surface area contributed by atoms with E-state index in [9.17, 15) is 9.59 Å². The van der Waals surface area contributed by atoms with Crippen LogP contribution in [0.3, 0.4) is 0 Å². The van der Waals surface area contributed by atoms with Gasteiger partial charge in [0.1, 0.15) is 0 Å². The highest BCUT2D eigenvalue weighted by molar-refractivity contribution is 5.81. The summed E-state index contributed by atoms with van der Waals surface area (Å²) < 4.78 is 0. The molecule has 2 rings (SSSR count). The second-order valence-corrected chi connectivity index (χ2v) is 4.98. The van der Waals surface area contributed by atoms with Gasteiger partial charge in [-0.15, -0.1) is 0 Å². The highest BCUT2D eigenvalue weighted by Gasteiger charge is 2.22. The molecular weight excluding hydrogens is 256 g/mol. The number of carbonyl (C=O) groups is 2. The first-order chi connectivity index (χ1) is 9.65. The molecule has 1 aliphatic rings. The van der Waals surface area contributed by atoms with Crippen LogP contribution in [0.5, 0.6) is 0 Å². The summed E-state index contributed by atoms with van der Waals surface area (Å²) in [5, 5.41) is 0. The van der Waals surface area contributed by atoms with E-state index in [0.29, 0.717) is 6.54 Å². The van der Waals surface area contributed by atoms with Crippen LogP contribution in [0.15, 0.2) is 30.3 Å². The number of piperazine rings is 1. The number of nitrogens with one attached hydrogen (secondary N) is 3. The van der Waals surface area contributed by atoms with Crippen LogP contribution in [0.2, 0.25) is 0 Å². The molecule has 2 amide bonds. The van der Waals surface area contributed by atoms with Crippen molar-refractivity contribution in [2.45, 2.75) is 6.92 Å². The van der Waals surface area contributed by atoms with Crippen molar-refractivity contribution in [2.75, 3.05) is 37.6 Å². The Kier molecular flexibility index (Phi) is 4.95. The average molecular weight is 277 g/mol. The number of amides is 2. The van der Waals surface area contributed by atoms with E-state index in [4.69, 9.17) is 0 Å². The Labute approximate surface area is 118 Å². The summed E-state index contributed by atoms with van der Waals surface area (Å²) >= 11 is 0.